The molecule has 1 atom stereocenters. The van der Waals surface area contributed by atoms with Gasteiger partial charge in [-0.1, -0.05) is 12.1 Å². The van der Waals surface area contributed by atoms with Gasteiger partial charge in [-0.3, -0.25) is 9.59 Å². The molecule has 0 aliphatic rings. The number of benzene rings is 2. The lowest BCUT2D eigenvalue weighted by molar-refractivity contribution is -0.117. The van der Waals surface area contributed by atoms with Crippen LogP contribution >= 0.6 is 0 Å². The highest BCUT2D eigenvalue weighted by atomic mass is 19.1. The molecule has 0 spiro atoms. The van der Waals surface area contributed by atoms with Crippen molar-refractivity contribution >= 4 is 17.4 Å². The number of nitriles is 1. The van der Waals surface area contributed by atoms with Gasteiger partial charge in [-0.15, -0.1) is 0 Å². The number of Topliss-reactive ketones (excluding diaryl/α,β-unsaturated/α-hetero) is 1. The predicted molar refractivity (Wildman–Crippen MR) is 86.1 cm³/mol. The van der Waals surface area contributed by atoms with Crippen LogP contribution in [0.4, 0.5) is 10.1 Å². The maximum atomic E-state index is 12.9. The summed E-state index contributed by atoms with van der Waals surface area (Å²) in [4.78, 5) is 24.6. The SMILES string of the molecule is CCOc1ccccc1NC(=O)[C@@H](C#N)C(=O)c1ccc(F)cc1. The minimum Gasteiger partial charge on any atom is -0.492 e. The predicted octanol–water partition coefficient (Wildman–Crippen LogP) is 3.19. The molecule has 0 radical (unpaired) electrons. The first-order valence-corrected chi connectivity index (χ1v) is 7.29. The van der Waals surface area contributed by atoms with Crippen LogP contribution in [0.2, 0.25) is 0 Å². The van der Waals surface area contributed by atoms with Crippen LogP contribution in [0.15, 0.2) is 48.5 Å². The molecule has 122 valence electrons. The lowest BCUT2D eigenvalue weighted by atomic mass is 9.98. The molecule has 5 nitrogen and oxygen atoms in total. The normalized spacial score (nSPS) is 11.2. The molecule has 0 aliphatic heterocycles. The number of rotatable bonds is 6. The Bertz CT molecular complexity index is 782. The summed E-state index contributed by atoms with van der Waals surface area (Å²) in [5, 5.41) is 11.7. The van der Waals surface area contributed by atoms with Crippen LogP contribution in [0, 0.1) is 23.1 Å². The Hall–Kier alpha value is -3.20. The second-order valence-corrected chi connectivity index (χ2v) is 4.85. The molecule has 0 heterocycles. The number of amides is 1. The first-order chi connectivity index (χ1) is 11.6. The molecule has 1 amide bonds. The lowest BCUT2D eigenvalue weighted by Crippen LogP contribution is -2.28. The first-order valence-electron chi connectivity index (χ1n) is 7.29. The summed E-state index contributed by atoms with van der Waals surface area (Å²) in [5.41, 5.74) is 0.465. The van der Waals surface area contributed by atoms with Crippen LogP contribution in [0.5, 0.6) is 5.75 Å². The van der Waals surface area contributed by atoms with Crippen molar-refractivity contribution in [1.29, 1.82) is 5.26 Å². The number of hydrogen-bond donors (Lipinski definition) is 1. The van der Waals surface area contributed by atoms with E-state index in [2.05, 4.69) is 5.32 Å². The van der Waals surface area contributed by atoms with Gasteiger partial charge in [0.05, 0.1) is 18.4 Å². The van der Waals surface area contributed by atoms with Crippen molar-refractivity contribution in [3.8, 4) is 11.8 Å². The van der Waals surface area contributed by atoms with Gasteiger partial charge in [-0.05, 0) is 43.3 Å². The van der Waals surface area contributed by atoms with E-state index in [1.54, 1.807) is 37.3 Å². The Labute approximate surface area is 138 Å². The topological polar surface area (TPSA) is 79.2 Å². The number of para-hydroxylation sites is 2. The monoisotopic (exact) mass is 326 g/mol. The zero-order valence-corrected chi connectivity index (χ0v) is 13.0. The molecule has 0 saturated heterocycles. The van der Waals surface area contributed by atoms with Gasteiger partial charge in [-0.25, -0.2) is 4.39 Å². The summed E-state index contributed by atoms with van der Waals surface area (Å²) in [5.74, 6) is -3.05. The zero-order chi connectivity index (χ0) is 17.5. The van der Waals surface area contributed by atoms with Crippen LogP contribution in [-0.4, -0.2) is 18.3 Å². The van der Waals surface area contributed by atoms with Crippen LogP contribution in [-0.2, 0) is 4.79 Å². The number of anilines is 1. The third-order valence-corrected chi connectivity index (χ3v) is 3.23. The van der Waals surface area contributed by atoms with E-state index in [0.29, 0.717) is 18.0 Å². The molecule has 0 unspecified atom stereocenters. The number of halogens is 1. The van der Waals surface area contributed by atoms with Crippen LogP contribution in [0.1, 0.15) is 17.3 Å². The number of nitrogens with zero attached hydrogens (tertiary/aromatic N) is 1. The van der Waals surface area contributed by atoms with E-state index in [0.717, 1.165) is 12.1 Å². The van der Waals surface area contributed by atoms with E-state index in [-0.39, 0.29) is 5.56 Å². The number of carbonyl (C=O) groups is 2. The maximum Gasteiger partial charge on any atom is 0.249 e. The third-order valence-electron chi connectivity index (χ3n) is 3.23. The van der Waals surface area contributed by atoms with Crippen molar-refractivity contribution in [3.05, 3.63) is 59.9 Å². The average molecular weight is 326 g/mol. The smallest absolute Gasteiger partial charge is 0.249 e. The van der Waals surface area contributed by atoms with Gasteiger partial charge in [0.15, 0.2) is 11.7 Å². The minimum absolute atomic E-state index is 0.0937. The molecule has 0 bridgehead atoms. The van der Waals surface area contributed by atoms with E-state index < -0.39 is 23.4 Å². The summed E-state index contributed by atoms with van der Waals surface area (Å²) < 4.78 is 18.3. The largest absolute Gasteiger partial charge is 0.492 e. The van der Waals surface area contributed by atoms with Crippen molar-refractivity contribution in [2.45, 2.75) is 6.92 Å². The van der Waals surface area contributed by atoms with E-state index in [9.17, 15) is 19.2 Å². The number of nitrogens with one attached hydrogen (secondary N) is 1. The van der Waals surface area contributed by atoms with Crippen molar-refractivity contribution in [2.24, 2.45) is 5.92 Å². The Morgan fingerprint density at radius 3 is 2.50 bits per heavy atom. The molecule has 0 saturated carbocycles. The van der Waals surface area contributed by atoms with Gasteiger partial charge in [0.1, 0.15) is 11.6 Å². The molecule has 6 heteroatoms. The molecular weight excluding hydrogens is 311 g/mol. The van der Waals surface area contributed by atoms with E-state index in [1.807, 2.05) is 0 Å². The molecule has 0 aromatic heterocycles. The summed E-state index contributed by atoms with van der Waals surface area (Å²) in [6.07, 6.45) is 0. The van der Waals surface area contributed by atoms with Gasteiger partial charge in [0, 0.05) is 5.56 Å². The highest BCUT2D eigenvalue weighted by molar-refractivity contribution is 6.15. The number of ketones is 1. The van der Waals surface area contributed by atoms with Gasteiger partial charge >= 0.3 is 0 Å². The number of ether oxygens (including phenoxy) is 1. The molecule has 2 rings (SSSR count). The number of carbonyl (C=O) groups excluding carboxylic acids is 2. The average Bonchev–Trinajstić information content (AvgIpc) is 2.58. The standard InChI is InChI=1S/C18H15FN2O3/c1-2-24-16-6-4-3-5-15(16)21-18(23)14(11-20)17(22)12-7-9-13(19)10-8-12/h3-10,14H,2H2,1H3,(H,21,23)/t14-/m0/s1. The first kappa shape index (κ1) is 17.2. The van der Waals surface area contributed by atoms with E-state index in [1.165, 1.54) is 12.1 Å². The molecule has 2 aromatic carbocycles. The highest BCUT2D eigenvalue weighted by Gasteiger charge is 2.28. The molecular formula is C18H15FN2O3. The maximum absolute atomic E-state index is 12.9. The number of hydrogen-bond acceptors (Lipinski definition) is 4. The van der Waals surface area contributed by atoms with Crippen molar-refractivity contribution in [2.75, 3.05) is 11.9 Å². The quantitative estimate of drug-likeness (QED) is 0.653. The zero-order valence-electron chi connectivity index (χ0n) is 13.0. The fourth-order valence-electron chi connectivity index (χ4n) is 2.07. The van der Waals surface area contributed by atoms with Crippen molar-refractivity contribution < 1.29 is 18.7 Å². The van der Waals surface area contributed by atoms with E-state index >= 15 is 0 Å². The van der Waals surface area contributed by atoms with Gasteiger partial charge < -0.3 is 10.1 Å². The summed E-state index contributed by atoms with van der Waals surface area (Å²) in [7, 11) is 0. The van der Waals surface area contributed by atoms with Crippen LogP contribution < -0.4 is 10.1 Å². The molecule has 24 heavy (non-hydrogen) atoms. The fraction of sp³-hybridized carbons (Fsp3) is 0.167. The lowest BCUT2D eigenvalue weighted by Gasteiger charge is -2.13. The van der Waals surface area contributed by atoms with Crippen LogP contribution in [0.3, 0.4) is 0 Å². The van der Waals surface area contributed by atoms with E-state index in [4.69, 9.17) is 4.74 Å². The summed E-state index contributed by atoms with van der Waals surface area (Å²) in [6.45, 7) is 2.21. The molecule has 0 fully saturated rings. The molecule has 0 aliphatic carbocycles. The summed E-state index contributed by atoms with van der Waals surface area (Å²) in [6, 6.07) is 13.1. The molecule has 2 aromatic rings. The Kier molecular flexibility index (Phi) is 5.63. The van der Waals surface area contributed by atoms with Gasteiger partial charge in [0.25, 0.3) is 0 Å². The Balaban J connectivity index is 2.19. The molecule has 1 N–H and O–H groups in total. The third kappa shape index (κ3) is 3.96. The van der Waals surface area contributed by atoms with Gasteiger partial charge in [-0.2, -0.15) is 5.26 Å². The second kappa shape index (κ2) is 7.88. The minimum atomic E-state index is -1.54. The second-order valence-electron chi connectivity index (χ2n) is 4.85. The van der Waals surface area contributed by atoms with Crippen molar-refractivity contribution in [1.82, 2.24) is 0 Å². The Morgan fingerprint density at radius 1 is 1.21 bits per heavy atom. The van der Waals surface area contributed by atoms with Gasteiger partial charge in [0.2, 0.25) is 5.91 Å². The Morgan fingerprint density at radius 2 is 1.88 bits per heavy atom. The summed E-state index contributed by atoms with van der Waals surface area (Å²) >= 11 is 0. The van der Waals surface area contributed by atoms with Crippen molar-refractivity contribution in [3.63, 3.8) is 0 Å². The van der Waals surface area contributed by atoms with Crippen LogP contribution in [0.25, 0.3) is 0 Å². The highest BCUT2D eigenvalue weighted by Crippen LogP contribution is 2.24. The fourth-order valence-corrected chi connectivity index (χ4v) is 2.07.